The van der Waals surface area contributed by atoms with Crippen LogP contribution in [0, 0.1) is 0 Å². The van der Waals surface area contributed by atoms with Gasteiger partial charge in [0, 0.05) is 10.9 Å². The molecule has 1 N–H and O–H groups in total. The van der Waals surface area contributed by atoms with E-state index in [0.29, 0.717) is 18.7 Å². The van der Waals surface area contributed by atoms with E-state index in [1.165, 1.54) is 16.2 Å². The van der Waals surface area contributed by atoms with Crippen LogP contribution in [0.1, 0.15) is 31.5 Å². The van der Waals surface area contributed by atoms with E-state index in [0.717, 1.165) is 21.9 Å². The van der Waals surface area contributed by atoms with Crippen LogP contribution in [-0.2, 0) is 16.9 Å². The van der Waals surface area contributed by atoms with Gasteiger partial charge in [-0.05, 0) is 43.2 Å². The van der Waals surface area contributed by atoms with Gasteiger partial charge in [-0.25, -0.2) is 9.78 Å². The normalized spacial score (nSPS) is 18.5. The van der Waals surface area contributed by atoms with Crippen molar-refractivity contribution < 1.29 is 14.3 Å². The van der Waals surface area contributed by atoms with Crippen molar-refractivity contribution in [2.75, 3.05) is 6.61 Å². The van der Waals surface area contributed by atoms with Gasteiger partial charge < -0.3 is 10.1 Å². The topological polar surface area (TPSA) is 71.5 Å². The van der Waals surface area contributed by atoms with Crippen molar-refractivity contribution in [3.8, 4) is 16.3 Å². The molecular formula is C23H23N3O3S. The smallest absolute Gasteiger partial charge is 0.325 e. The van der Waals surface area contributed by atoms with E-state index in [9.17, 15) is 9.59 Å². The number of amides is 3. The molecule has 0 saturated carbocycles. The molecule has 2 heterocycles. The maximum atomic E-state index is 13.3. The fraction of sp³-hybridized carbons (Fsp3) is 0.261. The van der Waals surface area contributed by atoms with Crippen LogP contribution in [0.15, 0.2) is 60.0 Å². The Kier molecular flexibility index (Phi) is 5.55. The Morgan fingerprint density at radius 2 is 1.80 bits per heavy atom. The summed E-state index contributed by atoms with van der Waals surface area (Å²) in [6.07, 6.45) is 0.479. The third-order valence-corrected chi connectivity index (χ3v) is 6.20. The molecule has 0 aliphatic carbocycles. The van der Waals surface area contributed by atoms with Gasteiger partial charge in [-0.1, -0.05) is 37.3 Å². The van der Waals surface area contributed by atoms with Crippen LogP contribution in [0.4, 0.5) is 4.79 Å². The van der Waals surface area contributed by atoms with Crippen molar-refractivity contribution in [3.05, 3.63) is 71.2 Å². The fourth-order valence-electron chi connectivity index (χ4n) is 3.67. The molecule has 0 bridgehead atoms. The molecular weight excluding hydrogens is 398 g/mol. The van der Waals surface area contributed by atoms with E-state index in [1.807, 2.05) is 73.8 Å². The van der Waals surface area contributed by atoms with Crippen LogP contribution in [0.5, 0.6) is 5.75 Å². The molecule has 6 nitrogen and oxygen atoms in total. The molecule has 30 heavy (non-hydrogen) atoms. The molecule has 7 heteroatoms. The first-order valence-electron chi connectivity index (χ1n) is 9.94. The highest BCUT2D eigenvalue weighted by molar-refractivity contribution is 7.13. The molecule has 4 rings (SSSR count). The average Bonchev–Trinajstić information content (AvgIpc) is 3.34. The average molecular weight is 422 g/mol. The Labute approximate surface area is 179 Å². The number of benzene rings is 2. The number of aromatic nitrogens is 1. The predicted molar refractivity (Wildman–Crippen MR) is 116 cm³/mol. The molecule has 2 aromatic carbocycles. The Bertz CT molecular complexity index is 1050. The number of hydrogen-bond donors (Lipinski definition) is 1. The number of hydrogen-bond acceptors (Lipinski definition) is 5. The maximum absolute atomic E-state index is 13.3. The minimum Gasteiger partial charge on any atom is -0.494 e. The second-order valence-electron chi connectivity index (χ2n) is 7.05. The summed E-state index contributed by atoms with van der Waals surface area (Å²) in [4.78, 5) is 31.8. The van der Waals surface area contributed by atoms with E-state index in [4.69, 9.17) is 4.74 Å². The van der Waals surface area contributed by atoms with Crippen LogP contribution in [0.3, 0.4) is 0 Å². The summed E-state index contributed by atoms with van der Waals surface area (Å²) in [6, 6.07) is 16.7. The molecule has 1 aliphatic heterocycles. The zero-order valence-corrected chi connectivity index (χ0v) is 17.7. The quantitative estimate of drug-likeness (QED) is 0.568. The molecule has 1 aromatic heterocycles. The number of thiazole rings is 1. The van der Waals surface area contributed by atoms with Crippen LogP contribution in [-0.4, -0.2) is 28.4 Å². The Morgan fingerprint density at radius 1 is 1.07 bits per heavy atom. The molecule has 1 aliphatic rings. The number of urea groups is 1. The lowest BCUT2D eigenvalue weighted by Crippen LogP contribution is -2.43. The van der Waals surface area contributed by atoms with Gasteiger partial charge in [-0.3, -0.25) is 9.69 Å². The Morgan fingerprint density at radius 3 is 2.47 bits per heavy atom. The number of nitrogens with zero attached hydrogens (tertiary/aromatic N) is 2. The molecule has 0 spiro atoms. The Balaban J connectivity index is 1.54. The van der Waals surface area contributed by atoms with Crippen LogP contribution in [0.25, 0.3) is 10.6 Å². The molecule has 1 fully saturated rings. The van der Waals surface area contributed by atoms with Crippen molar-refractivity contribution >= 4 is 23.3 Å². The molecule has 154 valence electrons. The summed E-state index contributed by atoms with van der Waals surface area (Å²) >= 11 is 1.49. The SMILES string of the molecule is CCOc1ccc(-c2nc(CN3C(=O)NC(CC)(c4ccccc4)C3=O)cs2)cc1. The van der Waals surface area contributed by atoms with Crippen LogP contribution >= 0.6 is 11.3 Å². The lowest BCUT2D eigenvalue weighted by Gasteiger charge is -2.25. The first-order valence-corrected chi connectivity index (χ1v) is 10.8. The number of ether oxygens (including phenoxy) is 1. The lowest BCUT2D eigenvalue weighted by atomic mass is 9.87. The van der Waals surface area contributed by atoms with Crippen molar-refractivity contribution in [3.63, 3.8) is 0 Å². The van der Waals surface area contributed by atoms with Crippen molar-refractivity contribution in [1.82, 2.24) is 15.2 Å². The molecule has 3 amide bonds. The second-order valence-corrected chi connectivity index (χ2v) is 7.91. The number of rotatable bonds is 7. The fourth-order valence-corrected chi connectivity index (χ4v) is 4.48. The van der Waals surface area contributed by atoms with Gasteiger partial charge in [0.05, 0.1) is 18.8 Å². The monoisotopic (exact) mass is 421 g/mol. The summed E-state index contributed by atoms with van der Waals surface area (Å²) in [5.41, 5.74) is 1.43. The Hall–Kier alpha value is -3.19. The van der Waals surface area contributed by atoms with Gasteiger partial charge in [0.15, 0.2) is 0 Å². The van der Waals surface area contributed by atoms with Crippen LogP contribution in [0.2, 0.25) is 0 Å². The summed E-state index contributed by atoms with van der Waals surface area (Å²) in [6.45, 7) is 4.62. The predicted octanol–water partition coefficient (Wildman–Crippen LogP) is 4.57. The standard InChI is InChI=1S/C23H23N3O3S/c1-3-23(17-8-6-5-7-9-17)21(27)26(22(28)25-23)14-18-15-30-20(24-18)16-10-12-19(13-11-16)29-4-2/h5-13,15H,3-4,14H2,1-2H3,(H,25,28). The largest absolute Gasteiger partial charge is 0.494 e. The van der Waals surface area contributed by atoms with Gasteiger partial charge in [0.1, 0.15) is 16.3 Å². The zero-order chi connectivity index (χ0) is 21.1. The minimum atomic E-state index is -1.02. The van der Waals surface area contributed by atoms with Crippen molar-refractivity contribution in [2.24, 2.45) is 0 Å². The molecule has 1 atom stereocenters. The summed E-state index contributed by atoms with van der Waals surface area (Å²) < 4.78 is 5.48. The first kappa shape index (κ1) is 20.1. The minimum absolute atomic E-state index is 0.146. The van der Waals surface area contributed by atoms with E-state index < -0.39 is 5.54 Å². The highest BCUT2D eigenvalue weighted by Gasteiger charge is 2.51. The molecule has 3 aromatic rings. The number of imide groups is 1. The third-order valence-electron chi connectivity index (χ3n) is 5.26. The van der Waals surface area contributed by atoms with Crippen LogP contribution < -0.4 is 10.1 Å². The highest BCUT2D eigenvalue weighted by atomic mass is 32.1. The summed E-state index contributed by atoms with van der Waals surface area (Å²) in [5, 5.41) is 5.64. The maximum Gasteiger partial charge on any atom is 0.325 e. The first-order chi connectivity index (χ1) is 14.6. The third kappa shape index (κ3) is 3.57. The number of nitrogens with one attached hydrogen (secondary N) is 1. The highest BCUT2D eigenvalue weighted by Crippen LogP contribution is 2.33. The summed E-state index contributed by atoms with van der Waals surface area (Å²) in [5.74, 6) is 0.575. The van der Waals surface area contributed by atoms with Crippen molar-refractivity contribution in [1.29, 1.82) is 0 Å². The van der Waals surface area contributed by atoms with E-state index in [2.05, 4.69) is 10.3 Å². The van der Waals surface area contributed by atoms with Gasteiger partial charge in [0.25, 0.3) is 5.91 Å². The number of carbonyl (C=O) groups is 2. The van der Waals surface area contributed by atoms with E-state index in [1.54, 1.807) is 0 Å². The van der Waals surface area contributed by atoms with Gasteiger partial charge in [-0.15, -0.1) is 11.3 Å². The molecule has 1 unspecified atom stereocenters. The molecule has 0 radical (unpaired) electrons. The van der Waals surface area contributed by atoms with E-state index >= 15 is 0 Å². The van der Waals surface area contributed by atoms with Gasteiger partial charge in [-0.2, -0.15) is 0 Å². The lowest BCUT2D eigenvalue weighted by molar-refractivity contribution is -0.132. The van der Waals surface area contributed by atoms with Gasteiger partial charge >= 0.3 is 6.03 Å². The van der Waals surface area contributed by atoms with E-state index in [-0.39, 0.29) is 18.5 Å². The summed E-state index contributed by atoms with van der Waals surface area (Å²) in [7, 11) is 0. The van der Waals surface area contributed by atoms with Gasteiger partial charge in [0.2, 0.25) is 0 Å². The van der Waals surface area contributed by atoms with Crippen molar-refractivity contribution in [2.45, 2.75) is 32.4 Å². The zero-order valence-electron chi connectivity index (χ0n) is 16.9. The number of carbonyl (C=O) groups excluding carboxylic acids is 2. The molecule has 1 saturated heterocycles. The second kappa shape index (κ2) is 8.28.